The number of allylic oxidation sites excluding steroid dienone is 8. The van der Waals surface area contributed by atoms with E-state index in [9.17, 15) is 0 Å². The minimum absolute atomic E-state index is 0.108. The number of aromatic nitrogens is 3. The van der Waals surface area contributed by atoms with Crippen LogP contribution in [0.2, 0.25) is 0 Å². The van der Waals surface area contributed by atoms with Crippen molar-refractivity contribution in [2.24, 2.45) is 0 Å². The van der Waals surface area contributed by atoms with Crippen LogP contribution in [0.3, 0.4) is 0 Å². The first-order chi connectivity index (χ1) is 35.7. The van der Waals surface area contributed by atoms with Gasteiger partial charge in [-0.1, -0.05) is 127 Å². The number of nitrogens with zero attached hydrogens (tertiary/aromatic N) is 3. The highest BCUT2D eigenvalue weighted by molar-refractivity contribution is 6.05. The van der Waals surface area contributed by atoms with Crippen LogP contribution in [0.1, 0.15) is 51.5 Å². The third kappa shape index (κ3) is 5.02. The van der Waals surface area contributed by atoms with E-state index in [1.165, 1.54) is 134 Å². The van der Waals surface area contributed by atoms with Gasteiger partial charge in [0.1, 0.15) is 5.41 Å². The summed E-state index contributed by atoms with van der Waals surface area (Å²) in [6, 6.07) is 78.5. The Morgan fingerprint density at radius 2 is 0.972 bits per heavy atom. The van der Waals surface area contributed by atoms with Crippen molar-refractivity contribution < 1.29 is 13.7 Å². The molecule has 6 heterocycles. The van der Waals surface area contributed by atoms with Crippen molar-refractivity contribution in [1.29, 1.82) is 0 Å². The molecule has 0 fully saturated rings. The van der Waals surface area contributed by atoms with Gasteiger partial charge in [-0.25, -0.2) is 0 Å². The van der Waals surface area contributed by atoms with Crippen molar-refractivity contribution in [2.45, 2.75) is 23.5 Å². The Hall–Kier alpha value is -9.05. The van der Waals surface area contributed by atoms with E-state index >= 15 is 0 Å². The van der Waals surface area contributed by atoms with E-state index in [1.807, 2.05) is 0 Å². The number of benzene rings is 7. The Kier molecular flexibility index (Phi) is 7.57. The number of rotatable bonds is 1. The molecular weight excluding hydrogens is 871 g/mol. The molecule has 3 nitrogen and oxygen atoms in total. The highest BCUT2D eigenvalue weighted by atomic mass is 15.1. The molecule has 12 bridgehead atoms. The zero-order chi connectivity index (χ0) is 46.8. The largest absolute Gasteiger partial charge is 0.247 e. The monoisotopic (exact) mass is 914 g/mol. The van der Waals surface area contributed by atoms with Crippen LogP contribution in [-0.2, 0) is 5.41 Å². The van der Waals surface area contributed by atoms with Gasteiger partial charge in [-0.3, -0.25) is 0 Å². The fourth-order valence-corrected chi connectivity index (χ4v) is 14.2. The molecule has 0 radical (unpaired) electrons. The molecule has 17 rings (SSSR count). The Labute approximate surface area is 418 Å². The second-order valence-corrected chi connectivity index (χ2v) is 20.6. The summed E-state index contributed by atoms with van der Waals surface area (Å²) in [4.78, 5) is 0. The standard InChI is InChI=1S/C69H44N3/c1-2-14-42(15-3-1)43-30-33-70-65(39-43)55-27-24-44-34-58(55)47-38-61(54-21-9-7-18-51(44)54)69-41-48-36-59(66(70)40-47)53-20-8-6-17-50(53)45-25-28-56-60(35-45)67(71-31-12-10-22-63(56)71)68(69)72-32-13-11-23-64(72)57-29-26-46(37-62(57)69)49-16-4-5-19-52(48)49/h1-41,66-68H/q+3/b48-41+,59-36-,61-38?. The van der Waals surface area contributed by atoms with Crippen LogP contribution in [0.25, 0.3) is 101 Å². The molecule has 1 spiro atoms. The summed E-state index contributed by atoms with van der Waals surface area (Å²) in [6.07, 6.45) is 17.7. The molecule has 0 saturated carbocycles. The maximum atomic E-state index is 2.76. The van der Waals surface area contributed by atoms with E-state index in [2.05, 4.69) is 263 Å². The first kappa shape index (κ1) is 38.8. The average molecular weight is 915 g/mol. The van der Waals surface area contributed by atoms with Crippen LogP contribution in [0.15, 0.2) is 249 Å². The lowest BCUT2D eigenvalue weighted by Crippen LogP contribution is -2.62. The molecule has 3 aliphatic heterocycles. The van der Waals surface area contributed by atoms with Crippen LogP contribution < -0.4 is 13.7 Å². The molecule has 7 aromatic carbocycles. The molecule has 72 heavy (non-hydrogen) atoms. The van der Waals surface area contributed by atoms with Crippen LogP contribution >= 0.6 is 0 Å². The van der Waals surface area contributed by atoms with Gasteiger partial charge in [-0.05, 0) is 156 Å². The summed E-state index contributed by atoms with van der Waals surface area (Å²) in [6.45, 7) is 0. The maximum absolute atomic E-state index is 2.76. The second-order valence-electron chi connectivity index (χ2n) is 20.6. The molecule has 4 atom stereocenters. The molecule has 10 aromatic rings. The summed E-state index contributed by atoms with van der Waals surface area (Å²) in [5.74, 6) is 0. The van der Waals surface area contributed by atoms with Gasteiger partial charge in [0.05, 0.1) is 16.7 Å². The summed E-state index contributed by atoms with van der Waals surface area (Å²) in [5.41, 5.74) is 29.2. The topological polar surface area (TPSA) is 11.6 Å². The van der Waals surface area contributed by atoms with Crippen molar-refractivity contribution >= 4 is 22.3 Å². The lowest BCUT2D eigenvalue weighted by Gasteiger charge is -2.45. The third-order valence-corrected chi connectivity index (χ3v) is 17.3. The molecule has 7 aliphatic rings. The second kappa shape index (κ2) is 14.1. The van der Waals surface area contributed by atoms with Crippen LogP contribution in [-0.4, -0.2) is 0 Å². The van der Waals surface area contributed by atoms with E-state index in [0.29, 0.717) is 0 Å². The van der Waals surface area contributed by atoms with E-state index in [1.54, 1.807) is 0 Å². The molecule has 0 saturated heterocycles. The van der Waals surface area contributed by atoms with Crippen molar-refractivity contribution in [2.75, 3.05) is 0 Å². The normalized spacial score (nSPS) is 21.4. The predicted molar refractivity (Wildman–Crippen MR) is 288 cm³/mol. The van der Waals surface area contributed by atoms with E-state index in [4.69, 9.17) is 0 Å². The smallest absolute Gasteiger partial charge is 0.187 e. The van der Waals surface area contributed by atoms with Crippen molar-refractivity contribution in [1.82, 2.24) is 0 Å². The molecular formula is C69H44N3+3. The van der Waals surface area contributed by atoms with Gasteiger partial charge in [-0.2, -0.15) is 13.7 Å². The molecule has 0 amide bonds. The summed E-state index contributed by atoms with van der Waals surface area (Å²) < 4.78 is 7.85. The zero-order valence-corrected chi connectivity index (χ0v) is 39.2. The van der Waals surface area contributed by atoms with Crippen molar-refractivity contribution in [3.05, 3.63) is 283 Å². The lowest BCUT2D eigenvalue weighted by molar-refractivity contribution is -0.802. The van der Waals surface area contributed by atoms with Gasteiger partial charge < -0.3 is 0 Å². The van der Waals surface area contributed by atoms with Crippen LogP contribution in [0, 0.1) is 0 Å². The fourth-order valence-electron chi connectivity index (χ4n) is 14.2. The highest BCUT2D eigenvalue weighted by Gasteiger charge is 2.63. The zero-order valence-electron chi connectivity index (χ0n) is 39.2. The summed E-state index contributed by atoms with van der Waals surface area (Å²) in [7, 11) is 0. The minimum atomic E-state index is -0.761. The van der Waals surface area contributed by atoms with Crippen LogP contribution in [0.5, 0.6) is 0 Å². The quantitative estimate of drug-likeness (QED) is 0.145. The average Bonchev–Trinajstić information content (AvgIpc) is 3.70. The predicted octanol–water partition coefficient (Wildman–Crippen LogP) is 14.5. The Bertz CT molecular complexity index is 4240. The third-order valence-electron chi connectivity index (χ3n) is 17.3. The highest BCUT2D eigenvalue weighted by Crippen LogP contribution is 2.62. The first-order valence-electron chi connectivity index (χ1n) is 25.4. The summed E-state index contributed by atoms with van der Waals surface area (Å²) in [5, 5.41) is 0. The number of hydrogen-bond acceptors (Lipinski definition) is 0. The van der Waals surface area contributed by atoms with Crippen molar-refractivity contribution in [3.8, 4) is 78.3 Å². The fraction of sp³-hybridized carbons (Fsp3) is 0.0580. The van der Waals surface area contributed by atoms with Gasteiger partial charge in [0, 0.05) is 47.5 Å². The number of fused-ring (bicyclic) bond motifs is 23. The molecule has 332 valence electrons. The summed E-state index contributed by atoms with van der Waals surface area (Å²) >= 11 is 0. The van der Waals surface area contributed by atoms with Crippen LogP contribution in [0.4, 0.5) is 0 Å². The van der Waals surface area contributed by atoms with E-state index < -0.39 is 5.41 Å². The Morgan fingerprint density at radius 1 is 0.347 bits per heavy atom. The van der Waals surface area contributed by atoms with E-state index in [0.717, 1.165) is 0 Å². The van der Waals surface area contributed by atoms with Gasteiger partial charge in [0.15, 0.2) is 18.6 Å². The Balaban J connectivity index is 1.14. The van der Waals surface area contributed by atoms with Gasteiger partial charge in [-0.15, -0.1) is 0 Å². The number of hydrogen-bond donors (Lipinski definition) is 0. The van der Waals surface area contributed by atoms with Gasteiger partial charge >= 0.3 is 0 Å². The first-order valence-corrected chi connectivity index (χ1v) is 25.4. The molecule has 4 aliphatic carbocycles. The maximum Gasteiger partial charge on any atom is 0.247 e. The van der Waals surface area contributed by atoms with Gasteiger partial charge in [0.25, 0.3) is 0 Å². The molecule has 3 heteroatoms. The Morgan fingerprint density at radius 3 is 1.78 bits per heavy atom. The lowest BCUT2D eigenvalue weighted by atomic mass is 9.57. The molecule has 4 unspecified atom stereocenters. The van der Waals surface area contributed by atoms with Gasteiger partial charge in [0.2, 0.25) is 35.2 Å². The minimum Gasteiger partial charge on any atom is -0.187 e. The molecule has 3 aromatic heterocycles. The van der Waals surface area contributed by atoms with E-state index in [-0.39, 0.29) is 18.1 Å². The SMILES string of the molecule is C1=C2C=C3c4ccccc4-c4ccc(c2c4)-c2cc(-c4ccccc4)cc[n+]2C1/C1=C\C2=C/C34c3cc(ccc3-c3cccc[n+]3C4C3c4cc(ccc4-c4cccc[n+]43)-c3ccccc31)-c1ccccc12. The molecule has 0 N–H and O–H groups in total. The van der Waals surface area contributed by atoms with Crippen molar-refractivity contribution in [3.63, 3.8) is 0 Å². The number of pyridine rings is 3.